The van der Waals surface area contributed by atoms with E-state index >= 15 is 0 Å². The standard InChI is InChI=1S/C15H25N3O2/c1-3-6-16-12(2)14-5-4-7-17-15(14)18-8-9-20-11-13(18)10-19/h4-5,7,12-13,16,19H,3,6,8-11H2,1-2H3. The number of hydrogen-bond acceptors (Lipinski definition) is 5. The summed E-state index contributed by atoms with van der Waals surface area (Å²) in [7, 11) is 0. The van der Waals surface area contributed by atoms with Gasteiger partial charge >= 0.3 is 0 Å². The molecule has 1 aromatic rings. The molecule has 2 N–H and O–H groups in total. The SMILES string of the molecule is CCCNC(C)c1cccnc1N1CCOCC1CO. The molecule has 0 bridgehead atoms. The number of aliphatic hydroxyl groups excluding tert-OH is 1. The molecule has 2 atom stereocenters. The molecule has 0 aliphatic carbocycles. The van der Waals surface area contributed by atoms with Gasteiger partial charge in [0, 0.05) is 24.3 Å². The van der Waals surface area contributed by atoms with E-state index in [9.17, 15) is 5.11 Å². The van der Waals surface area contributed by atoms with Crippen molar-refractivity contribution in [2.45, 2.75) is 32.4 Å². The van der Waals surface area contributed by atoms with Crippen LogP contribution in [0.25, 0.3) is 0 Å². The van der Waals surface area contributed by atoms with E-state index in [1.165, 1.54) is 5.56 Å². The van der Waals surface area contributed by atoms with Crippen molar-refractivity contribution in [1.29, 1.82) is 0 Å². The first-order valence-corrected chi connectivity index (χ1v) is 7.41. The Morgan fingerprint density at radius 3 is 3.20 bits per heavy atom. The van der Waals surface area contributed by atoms with Crippen LogP contribution in [0.2, 0.25) is 0 Å². The molecular weight excluding hydrogens is 254 g/mol. The average molecular weight is 279 g/mol. The van der Waals surface area contributed by atoms with Crippen molar-refractivity contribution < 1.29 is 9.84 Å². The molecule has 1 saturated heterocycles. The molecule has 2 rings (SSSR count). The van der Waals surface area contributed by atoms with E-state index in [0.29, 0.717) is 13.2 Å². The van der Waals surface area contributed by atoms with Gasteiger partial charge in [0.15, 0.2) is 0 Å². The molecular formula is C15H25N3O2. The van der Waals surface area contributed by atoms with E-state index in [-0.39, 0.29) is 18.7 Å². The molecule has 1 aliphatic rings. The van der Waals surface area contributed by atoms with Gasteiger partial charge in [0.25, 0.3) is 0 Å². The van der Waals surface area contributed by atoms with E-state index in [4.69, 9.17) is 4.74 Å². The lowest BCUT2D eigenvalue weighted by molar-refractivity contribution is 0.0721. The van der Waals surface area contributed by atoms with Crippen molar-refractivity contribution in [1.82, 2.24) is 10.3 Å². The highest BCUT2D eigenvalue weighted by atomic mass is 16.5. The van der Waals surface area contributed by atoms with Crippen LogP contribution >= 0.6 is 0 Å². The fourth-order valence-corrected chi connectivity index (χ4v) is 2.54. The summed E-state index contributed by atoms with van der Waals surface area (Å²) in [6, 6.07) is 4.33. The van der Waals surface area contributed by atoms with Gasteiger partial charge in [-0.15, -0.1) is 0 Å². The van der Waals surface area contributed by atoms with Crippen molar-refractivity contribution in [3.63, 3.8) is 0 Å². The fourth-order valence-electron chi connectivity index (χ4n) is 2.54. The molecule has 112 valence electrons. The second-order valence-electron chi connectivity index (χ2n) is 5.20. The summed E-state index contributed by atoms with van der Waals surface area (Å²) in [5, 5.41) is 13.0. The molecule has 5 nitrogen and oxygen atoms in total. The number of ether oxygens (including phenoxy) is 1. The maximum atomic E-state index is 9.53. The van der Waals surface area contributed by atoms with E-state index in [1.54, 1.807) is 0 Å². The van der Waals surface area contributed by atoms with Crippen LogP contribution in [0.4, 0.5) is 5.82 Å². The predicted molar refractivity (Wildman–Crippen MR) is 80.0 cm³/mol. The molecule has 0 aromatic carbocycles. The van der Waals surface area contributed by atoms with Crippen molar-refractivity contribution >= 4 is 5.82 Å². The molecule has 2 heterocycles. The van der Waals surface area contributed by atoms with E-state index in [1.807, 2.05) is 12.3 Å². The number of rotatable bonds is 6. The number of aromatic nitrogens is 1. The minimum absolute atomic E-state index is 0.00391. The zero-order chi connectivity index (χ0) is 14.4. The third-order valence-electron chi connectivity index (χ3n) is 3.69. The van der Waals surface area contributed by atoms with E-state index in [2.05, 4.69) is 35.1 Å². The Balaban J connectivity index is 2.21. The van der Waals surface area contributed by atoms with E-state index < -0.39 is 0 Å². The van der Waals surface area contributed by atoms with Crippen LogP contribution in [0, 0.1) is 0 Å². The average Bonchev–Trinajstić information content (AvgIpc) is 2.52. The van der Waals surface area contributed by atoms with Gasteiger partial charge in [-0.05, 0) is 26.0 Å². The summed E-state index contributed by atoms with van der Waals surface area (Å²) in [5.41, 5.74) is 1.18. The summed E-state index contributed by atoms with van der Waals surface area (Å²) >= 11 is 0. The Morgan fingerprint density at radius 2 is 2.45 bits per heavy atom. The number of pyridine rings is 1. The number of morpholine rings is 1. The van der Waals surface area contributed by atoms with Gasteiger partial charge in [-0.25, -0.2) is 4.98 Å². The summed E-state index contributed by atoms with van der Waals surface area (Å²) < 4.78 is 5.44. The zero-order valence-electron chi connectivity index (χ0n) is 12.4. The highest BCUT2D eigenvalue weighted by Gasteiger charge is 2.26. The Labute approximate surface area is 121 Å². The van der Waals surface area contributed by atoms with Gasteiger partial charge in [-0.1, -0.05) is 13.0 Å². The minimum atomic E-state index is -0.00391. The molecule has 2 unspecified atom stereocenters. The van der Waals surface area contributed by atoms with Crippen LogP contribution in [0.1, 0.15) is 31.9 Å². The Morgan fingerprint density at radius 1 is 1.60 bits per heavy atom. The molecule has 1 fully saturated rings. The lowest BCUT2D eigenvalue weighted by Crippen LogP contribution is -2.48. The van der Waals surface area contributed by atoms with Crippen molar-refractivity contribution in [2.75, 3.05) is 37.8 Å². The summed E-state index contributed by atoms with van der Waals surface area (Å²) in [5.74, 6) is 0.964. The van der Waals surface area contributed by atoms with Gasteiger partial charge in [-0.2, -0.15) is 0 Å². The second kappa shape index (κ2) is 7.57. The molecule has 1 aromatic heterocycles. The Kier molecular flexibility index (Phi) is 5.76. The van der Waals surface area contributed by atoms with Crippen LogP contribution in [0.5, 0.6) is 0 Å². The fraction of sp³-hybridized carbons (Fsp3) is 0.667. The van der Waals surface area contributed by atoms with E-state index in [0.717, 1.165) is 25.3 Å². The summed E-state index contributed by atoms with van der Waals surface area (Å²) in [4.78, 5) is 6.72. The quantitative estimate of drug-likeness (QED) is 0.823. The number of hydrogen-bond donors (Lipinski definition) is 2. The first-order valence-electron chi connectivity index (χ1n) is 7.41. The largest absolute Gasteiger partial charge is 0.394 e. The number of aliphatic hydroxyl groups is 1. The Hall–Kier alpha value is -1.17. The molecule has 0 amide bonds. The first-order chi connectivity index (χ1) is 9.77. The lowest BCUT2D eigenvalue weighted by atomic mass is 10.1. The number of nitrogens with zero attached hydrogens (tertiary/aromatic N) is 2. The van der Waals surface area contributed by atoms with Crippen LogP contribution < -0.4 is 10.2 Å². The maximum absolute atomic E-state index is 9.53. The third-order valence-corrected chi connectivity index (χ3v) is 3.69. The van der Waals surface area contributed by atoms with Crippen molar-refractivity contribution in [3.05, 3.63) is 23.9 Å². The van der Waals surface area contributed by atoms with Crippen LogP contribution in [-0.4, -0.2) is 49.0 Å². The zero-order valence-corrected chi connectivity index (χ0v) is 12.4. The van der Waals surface area contributed by atoms with Gasteiger partial charge in [0.1, 0.15) is 5.82 Å². The summed E-state index contributed by atoms with van der Waals surface area (Å²) in [6.07, 6.45) is 2.92. The van der Waals surface area contributed by atoms with Crippen molar-refractivity contribution in [3.8, 4) is 0 Å². The Bertz CT molecular complexity index is 414. The normalized spacial score (nSPS) is 20.9. The predicted octanol–water partition coefficient (Wildman–Crippen LogP) is 1.34. The number of nitrogens with one attached hydrogen (secondary N) is 1. The molecule has 0 spiro atoms. The molecule has 0 saturated carbocycles. The summed E-state index contributed by atoms with van der Waals surface area (Å²) in [6.45, 7) is 7.41. The van der Waals surface area contributed by atoms with Crippen molar-refractivity contribution in [2.24, 2.45) is 0 Å². The number of anilines is 1. The minimum Gasteiger partial charge on any atom is -0.394 e. The lowest BCUT2D eigenvalue weighted by Gasteiger charge is -2.37. The second-order valence-corrected chi connectivity index (χ2v) is 5.20. The highest BCUT2D eigenvalue weighted by Crippen LogP contribution is 2.26. The highest BCUT2D eigenvalue weighted by molar-refractivity contribution is 5.49. The molecule has 20 heavy (non-hydrogen) atoms. The monoisotopic (exact) mass is 279 g/mol. The topological polar surface area (TPSA) is 57.6 Å². The first kappa shape index (κ1) is 15.2. The van der Waals surface area contributed by atoms with Gasteiger partial charge in [-0.3, -0.25) is 0 Å². The van der Waals surface area contributed by atoms with Gasteiger partial charge in [0.2, 0.25) is 0 Å². The van der Waals surface area contributed by atoms with Crippen LogP contribution in [0.3, 0.4) is 0 Å². The van der Waals surface area contributed by atoms with Gasteiger partial charge < -0.3 is 20.1 Å². The maximum Gasteiger partial charge on any atom is 0.133 e. The third kappa shape index (κ3) is 3.48. The smallest absolute Gasteiger partial charge is 0.133 e. The van der Waals surface area contributed by atoms with Gasteiger partial charge in [0.05, 0.1) is 25.9 Å². The van der Waals surface area contributed by atoms with Crippen LogP contribution in [-0.2, 0) is 4.74 Å². The molecule has 0 radical (unpaired) electrons. The molecule has 5 heteroatoms. The molecule has 1 aliphatic heterocycles. The van der Waals surface area contributed by atoms with Crippen LogP contribution in [0.15, 0.2) is 18.3 Å².